The quantitative estimate of drug-likeness (QED) is 0.277. The van der Waals surface area contributed by atoms with Gasteiger partial charge in [0.2, 0.25) is 5.91 Å². The van der Waals surface area contributed by atoms with Gasteiger partial charge in [-0.3, -0.25) is 4.79 Å². The number of nitrogens with one attached hydrogen (secondary N) is 2. The van der Waals surface area contributed by atoms with E-state index in [4.69, 9.17) is 9.47 Å². The number of hydrogen-bond acceptors (Lipinski definition) is 6. The van der Waals surface area contributed by atoms with Gasteiger partial charge in [-0.05, 0) is 59.1 Å². The molecule has 2 amide bonds. The number of carboxylic acid groups (broad SMARTS) is 1. The van der Waals surface area contributed by atoms with Gasteiger partial charge in [0.25, 0.3) is 0 Å². The summed E-state index contributed by atoms with van der Waals surface area (Å²) in [6.45, 7) is 2.03. The Morgan fingerprint density at radius 1 is 0.929 bits per heavy atom. The second-order valence-electron chi connectivity index (χ2n) is 10.9. The van der Waals surface area contributed by atoms with E-state index in [1.807, 2.05) is 54.6 Å². The number of thioether (sulfide) groups is 1. The molecular formula is C33H36N2O6S. The van der Waals surface area contributed by atoms with E-state index in [0.717, 1.165) is 39.3 Å². The number of rotatable bonds is 11. The van der Waals surface area contributed by atoms with Gasteiger partial charge in [-0.25, -0.2) is 9.59 Å². The summed E-state index contributed by atoms with van der Waals surface area (Å²) in [6, 6.07) is 24.5. The van der Waals surface area contributed by atoms with Crippen LogP contribution in [0.25, 0.3) is 11.1 Å². The van der Waals surface area contributed by atoms with E-state index < -0.39 is 35.7 Å². The zero-order valence-electron chi connectivity index (χ0n) is 23.6. The zero-order valence-corrected chi connectivity index (χ0v) is 24.4. The Morgan fingerprint density at radius 3 is 2.14 bits per heavy atom. The number of hydrogen-bond donors (Lipinski definition) is 3. The molecule has 0 spiro atoms. The third kappa shape index (κ3) is 6.97. The van der Waals surface area contributed by atoms with Crippen molar-refractivity contribution in [3.8, 4) is 11.1 Å². The molecule has 0 bridgehead atoms. The summed E-state index contributed by atoms with van der Waals surface area (Å²) in [4.78, 5) is 38.4. The van der Waals surface area contributed by atoms with Crippen molar-refractivity contribution in [3.05, 3.63) is 95.6 Å². The number of carboxylic acids is 1. The van der Waals surface area contributed by atoms with Gasteiger partial charge in [-0.1, -0.05) is 78.9 Å². The third-order valence-electron chi connectivity index (χ3n) is 8.07. The minimum atomic E-state index is -1.23. The van der Waals surface area contributed by atoms with Gasteiger partial charge in [-0.2, -0.15) is 11.8 Å². The lowest BCUT2D eigenvalue weighted by atomic mass is 9.88. The normalized spacial score (nSPS) is 16.9. The predicted molar refractivity (Wildman–Crippen MR) is 162 cm³/mol. The van der Waals surface area contributed by atoms with E-state index in [0.29, 0.717) is 12.8 Å². The molecule has 1 saturated heterocycles. The first-order valence-electron chi connectivity index (χ1n) is 14.2. The van der Waals surface area contributed by atoms with Crippen molar-refractivity contribution in [2.75, 3.05) is 18.1 Å². The molecule has 0 saturated carbocycles. The summed E-state index contributed by atoms with van der Waals surface area (Å²) in [7, 11) is 0. The number of amides is 2. The highest BCUT2D eigenvalue weighted by Crippen LogP contribution is 2.44. The minimum Gasteiger partial charge on any atom is -0.480 e. The summed E-state index contributed by atoms with van der Waals surface area (Å²) in [5, 5.41) is 15.5. The van der Waals surface area contributed by atoms with Crippen molar-refractivity contribution in [3.63, 3.8) is 0 Å². The van der Waals surface area contributed by atoms with Gasteiger partial charge in [0.1, 0.15) is 6.61 Å². The lowest BCUT2D eigenvalue weighted by Gasteiger charge is -2.37. The fraction of sp³-hybridized carbons (Fsp3) is 0.364. The molecule has 3 aromatic rings. The number of carbonyl (C=O) groups is 3. The van der Waals surface area contributed by atoms with Gasteiger partial charge >= 0.3 is 12.1 Å². The molecule has 1 aliphatic heterocycles. The molecule has 2 aliphatic rings. The molecule has 1 heterocycles. The molecule has 0 unspecified atom stereocenters. The lowest BCUT2D eigenvalue weighted by Crippen LogP contribution is -2.56. The van der Waals surface area contributed by atoms with Crippen LogP contribution in [0.2, 0.25) is 0 Å². The molecule has 1 aliphatic carbocycles. The molecular weight excluding hydrogens is 552 g/mol. The van der Waals surface area contributed by atoms with Gasteiger partial charge in [-0.15, -0.1) is 0 Å². The van der Waals surface area contributed by atoms with E-state index in [9.17, 15) is 19.5 Å². The molecule has 3 aromatic carbocycles. The first kappa shape index (κ1) is 29.7. The van der Waals surface area contributed by atoms with Crippen LogP contribution in [0.5, 0.6) is 0 Å². The van der Waals surface area contributed by atoms with E-state index >= 15 is 0 Å². The first-order chi connectivity index (χ1) is 20.3. The number of aliphatic carboxylic acids is 1. The van der Waals surface area contributed by atoms with Crippen LogP contribution in [-0.2, 0) is 25.7 Å². The molecule has 5 rings (SSSR count). The second-order valence-corrected chi connectivity index (χ2v) is 12.1. The van der Waals surface area contributed by atoms with Crippen LogP contribution in [0.4, 0.5) is 4.79 Å². The van der Waals surface area contributed by atoms with Crippen LogP contribution in [0, 0.1) is 0 Å². The Balaban J connectivity index is 1.20. The Morgan fingerprint density at radius 2 is 1.52 bits per heavy atom. The summed E-state index contributed by atoms with van der Waals surface area (Å²) in [5.74, 6) is -0.158. The highest BCUT2D eigenvalue weighted by atomic mass is 32.2. The van der Waals surface area contributed by atoms with E-state index in [-0.39, 0.29) is 25.6 Å². The molecule has 3 N–H and O–H groups in total. The number of fused-ring (bicyclic) bond motifs is 3. The first-order valence-corrected chi connectivity index (χ1v) is 15.4. The third-order valence-corrected chi connectivity index (χ3v) is 9.05. The molecule has 8 nitrogen and oxygen atoms in total. The summed E-state index contributed by atoms with van der Waals surface area (Å²) >= 11 is 1.76. The maximum absolute atomic E-state index is 13.2. The number of alkyl carbamates (subject to hydrolysis) is 1. The molecule has 2 atom stereocenters. The largest absolute Gasteiger partial charge is 0.480 e. The fourth-order valence-electron chi connectivity index (χ4n) is 5.77. The Labute approximate surface area is 250 Å². The topological polar surface area (TPSA) is 114 Å². The Bertz CT molecular complexity index is 1360. The van der Waals surface area contributed by atoms with Gasteiger partial charge < -0.3 is 25.2 Å². The van der Waals surface area contributed by atoms with Crippen molar-refractivity contribution in [1.82, 2.24) is 10.6 Å². The Kier molecular flexibility index (Phi) is 9.49. The maximum Gasteiger partial charge on any atom is 0.407 e. The van der Waals surface area contributed by atoms with Crippen LogP contribution >= 0.6 is 11.8 Å². The fourth-order valence-corrected chi connectivity index (χ4v) is 7.04. The van der Waals surface area contributed by atoms with E-state index in [1.165, 1.54) is 0 Å². The molecule has 0 aromatic heterocycles. The number of carbonyl (C=O) groups excluding carboxylic acids is 2. The van der Waals surface area contributed by atoms with Crippen molar-refractivity contribution in [2.45, 2.75) is 56.4 Å². The zero-order chi connectivity index (χ0) is 29.5. The highest BCUT2D eigenvalue weighted by molar-refractivity contribution is 7.99. The summed E-state index contributed by atoms with van der Waals surface area (Å²) < 4.78 is 11.6. The molecule has 0 radical (unpaired) electrons. The molecule has 42 heavy (non-hydrogen) atoms. The lowest BCUT2D eigenvalue weighted by molar-refractivity contribution is -0.146. The van der Waals surface area contributed by atoms with Gasteiger partial charge in [0.05, 0.1) is 18.2 Å². The molecule has 220 valence electrons. The minimum absolute atomic E-state index is 0.0487. The van der Waals surface area contributed by atoms with Crippen molar-refractivity contribution in [2.24, 2.45) is 0 Å². The predicted octanol–water partition coefficient (Wildman–Crippen LogP) is 5.36. The maximum atomic E-state index is 13.2. The monoisotopic (exact) mass is 588 g/mol. The van der Waals surface area contributed by atoms with Crippen molar-refractivity contribution in [1.29, 1.82) is 0 Å². The second kappa shape index (κ2) is 13.4. The average Bonchev–Trinajstić information content (AvgIpc) is 3.32. The SMILES string of the molecule is C[C@H](OCc1ccccc1)[C@@H](NC(=O)CC1(NC(=O)OCC2c3ccccc3-c3ccccc32)CCSCC1)C(=O)O. The summed E-state index contributed by atoms with van der Waals surface area (Å²) in [5.41, 5.74) is 4.63. The molecule has 9 heteroatoms. The standard InChI is InChI=1S/C33H36N2O6S/c1-22(40-20-23-9-3-2-4-10-23)30(31(37)38)34-29(36)19-33(15-17-42-18-16-33)35-32(39)41-21-28-26-13-7-5-11-24(26)25-12-6-8-14-27(25)28/h2-14,22,28,30H,15-21H2,1H3,(H,34,36)(H,35,39)(H,37,38)/t22-,30+/m0/s1. The van der Waals surface area contributed by atoms with Crippen LogP contribution in [0.15, 0.2) is 78.9 Å². The summed E-state index contributed by atoms with van der Waals surface area (Å²) in [6.07, 6.45) is -0.238. The van der Waals surface area contributed by atoms with Crippen molar-refractivity contribution < 1.29 is 29.0 Å². The smallest absolute Gasteiger partial charge is 0.407 e. The van der Waals surface area contributed by atoms with Crippen LogP contribution in [-0.4, -0.2) is 58.9 Å². The van der Waals surface area contributed by atoms with E-state index in [2.05, 4.69) is 34.9 Å². The van der Waals surface area contributed by atoms with E-state index in [1.54, 1.807) is 18.7 Å². The average molecular weight is 589 g/mol. The van der Waals surface area contributed by atoms with Crippen LogP contribution in [0.1, 0.15) is 48.8 Å². The van der Waals surface area contributed by atoms with Crippen LogP contribution in [0.3, 0.4) is 0 Å². The number of benzene rings is 3. The highest BCUT2D eigenvalue weighted by Gasteiger charge is 2.39. The number of ether oxygens (including phenoxy) is 2. The Hall–Kier alpha value is -3.82. The van der Waals surface area contributed by atoms with Gasteiger partial charge in [0, 0.05) is 12.3 Å². The van der Waals surface area contributed by atoms with Crippen molar-refractivity contribution >= 4 is 29.7 Å². The molecule has 1 fully saturated rings. The van der Waals surface area contributed by atoms with Crippen LogP contribution < -0.4 is 10.6 Å². The van der Waals surface area contributed by atoms with Gasteiger partial charge in [0.15, 0.2) is 6.04 Å².